The van der Waals surface area contributed by atoms with Crippen LogP contribution >= 0.6 is 0 Å². The van der Waals surface area contributed by atoms with Crippen molar-refractivity contribution in [3.8, 4) is 0 Å². The fraction of sp³-hybridized carbons (Fsp3) is 0.316. The molecule has 0 spiro atoms. The van der Waals surface area contributed by atoms with Crippen LogP contribution < -0.4 is 22.3 Å². The highest BCUT2D eigenvalue weighted by Crippen LogP contribution is 2.08. The number of ether oxygens (including phenoxy) is 1. The third kappa shape index (κ3) is 5.89. The van der Waals surface area contributed by atoms with Crippen molar-refractivity contribution >= 4 is 17.9 Å². The number of nitrogens with one attached hydrogen (secondary N) is 1. The van der Waals surface area contributed by atoms with E-state index in [0.717, 1.165) is 11.6 Å². The summed E-state index contributed by atoms with van der Waals surface area (Å²) in [4.78, 5) is 59.8. The van der Waals surface area contributed by atoms with Crippen molar-refractivity contribution in [3.63, 3.8) is 0 Å². The minimum Gasteiger partial charge on any atom is -0.451 e. The normalized spacial score (nSPS) is 11.7. The number of primary amides is 1. The highest BCUT2D eigenvalue weighted by molar-refractivity contribution is 5.96. The summed E-state index contributed by atoms with van der Waals surface area (Å²) < 4.78 is 7.08. The zero-order valence-corrected chi connectivity index (χ0v) is 16.0. The molecule has 1 atom stereocenters. The molecule has 154 valence electrons. The number of aromatic nitrogens is 2. The lowest BCUT2D eigenvalue weighted by Gasteiger charge is -2.20. The molecule has 0 radical (unpaired) electrons. The molecule has 0 saturated carbocycles. The average Bonchev–Trinajstić information content (AvgIpc) is 2.65. The molecule has 1 heterocycles. The Labute approximate surface area is 165 Å². The van der Waals surface area contributed by atoms with E-state index in [1.54, 1.807) is 13.8 Å². The molecular weight excluding hydrogens is 380 g/mol. The smallest absolute Gasteiger partial charge is 0.331 e. The number of hydrogen-bond donors (Lipinski definition) is 2. The van der Waals surface area contributed by atoms with Gasteiger partial charge in [0.15, 0.2) is 6.10 Å². The van der Waals surface area contributed by atoms with Crippen LogP contribution in [-0.4, -0.2) is 33.1 Å². The second-order valence-electron chi connectivity index (χ2n) is 6.64. The fourth-order valence-corrected chi connectivity index (χ4v) is 2.60. The first kappa shape index (κ1) is 21.6. The van der Waals surface area contributed by atoms with Crippen LogP contribution in [0.4, 0.5) is 4.79 Å². The van der Waals surface area contributed by atoms with Crippen molar-refractivity contribution in [1.82, 2.24) is 14.5 Å². The van der Waals surface area contributed by atoms with E-state index in [2.05, 4.69) is 0 Å². The summed E-state index contributed by atoms with van der Waals surface area (Å²) in [7, 11) is 0. The van der Waals surface area contributed by atoms with Crippen LogP contribution in [0, 0.1) is 5.92 Å². The molecule has 10 nitrogen and oxygen atoms in total. The molecule has 0 unspecified atom stereocenters. The van der Waals surface area contributed by atoms with Crippen molar-refractivity contribution in [2.75, 3.05) is 0 Å². The first-order valence-corrected chi connectivity index (χ1v) is 8.83. The predicted molar refractivity (Wildman–Crippen MR) is 103 cm³/mol. The van der Waals surface area contributed by atoms with Crippen LogP contribution in [0.3, 0.4) is 0 Å². The lowest BCUT2D eigenvalue weighted by Crippen LogP contribution is -2.47. The van der Waals surface area contributed by atoms with Crippen molar-refractivity contribution < 1.29 is 19.1 Å². The molecule has 0 aliphatic carbocycles. The molecule has 29 heavy (non-hydrogen) atoms. The Kier molecular flexibility index (Phi) is 7.07. The van der Waals surface area contributed by atoms with Gasteiger partial charge in [-0.2, -0.15) is 0 Å². The first-order chi connectivity index (χ1) is 13.7. The summed E-state index contributed by atoms with van der Waals surface area (Å²) in [5.74, 6) is -2.33. The number of benzene rings is 1. The number of nitrogens with two attached hydrogens (primary N) is 1. The maximum Gasteiger partial charge on any atom is 0.331 e. The van der Waals surface area contributed by atoms with Gasteiger partial charge in [-0.3, -0.25) is 24.3 Å². The van der Waals surface area contributed by atoms with Gasteiger partial charge in [0.2, 0.25) is 0 Å². The van der Waals surface area contributed by atoms with Crippen LogP contribution in [0.5, 0.6) is 0 Å². The third-order valence-electron chi connectivity index (χ3n) is 3.99. The van der Waals surface area contributed by atoms with E-state index in [1.807, 2.05) is 35.6 Å². The van der Waals surface area contributed by atoms with E-state index in [0.29, 0.717) is 4.57 Å². The number of nitrogens with zero attached hydrogens (tertiary/aromatic N) is 2. The molecule has 1 aromatic heterocycles. The van der Waals surface area contributed by atoms with Gasteiger partial charge >= 0.3 is 17.7 Å². The van der Waals surface area contributed by atoms with Crippen LogP contribution in [0.25, 0.3) is 0 Å². The van der Waals surface area contributed by atoms with Crippen LogP contribution in [0.15, 0.2) is 52.2 Å². The van der Waals surface area contributed by atoms with Gasteiger partial charge in [-0.25, -0.2) is 14.2 Å². The van der Waals surface area contributed by atoms with E-state index < -0.39 is 47.7 Å². The molecular formula is C19H22N4O6. The lowest BCUT2D eigenvalue weighted by atomic mass is 10.1. The molecule has 0 aliphatic heterocycles. The van der Waals surface area contributed by atoms with E-state index in [4.69, 9.17) is 10.5 Å². The number of rotatable bonds is 7. The van der Waals surface area contributed by atoms with Gasteiger partial charge in [0, 0.05) is 12.3 Å². The van der Waals surface area contributed by atoms with Crippen molar-refractivity contribution in [2.45, 2.75) is 33.0 Å². The summed E-state index contributed by atoms with van der Waals surface area (Å²) in [5.41, 5.74) is 4.37. The zero-order valence-electron chi connectivity index (χ0n) is 16.0. The van der Waals surface area contributed by atoms with Crippen molar-refractivity contribution in [1.29, 1.82) is 0 Å². The Bertz CT molecular complexity index is 1010. The van der Waals surface area contributed by atoms with Gasteiger partial charge in [0.05, 0.1) is 6.54 Å². The first-order valence-electron chi connectivity index (χ1n) is 8.83. The monoisotopic (exact) mass is 402 g/mol. The predicted octanol–water partition coefficient (Wildman–Crippen LogP) is -0.179. The Morgan fingerprint density at radius 2 is 1.76 bits per heavy atom. The van der Waals surface area contributed by atoms with Crippen molar-refractivity contribution in [3.05, 3.63) is 69.0 Å². The minimum absolute atomic E-state index is 0.213. The van der Waals surface area contributed by atoms with Crippen LogP contribution in [-0.2, 0) is 27.4 Å². The van der Waals surface area contributed by atoms with E-state index in [1.165, 1.54) is 10.8 Å². The molecule has 2 aromatic rings. The third-order valence-corrected chi connectivity index (χ3v) is 3.99. The van der Waals surface area contributed by atoms with Gasteiger partial charge in [-0.1, -0.05) is 44.2 Å². The number of urea groups is 1. The van der Waals surface area contributed by atoms with Gasteiger partial charge in [-0.05, 0) is 11.5 Å². The quantitative estimate of drug-likeness (QED) is 0.615. The largest absolute Gasteiger partial charge is 0.451 e. The number of hydrogen-bond acceptors (Lipinski definition) is 6. The minimum atomic E-state index is -1.30. The molecule has 0 saturated heterocycles. The maximum absolute atomic E-state index is 12.6. The van der Waals surface area contributed by atoms with Gasteiger partial charge in [0.25, 0.3) is 11.5 Å². The zero-order chi connectivity index (χ0) is 21.6. The van der Waals surface area contributed by atoms with Gasteiger partial charge < -0.3 is 10.5 Å². The fourth-order valence-electron chi connectivity index (χ4n) is 2.60. The SMILES string of the molecule is CC(C)[C@H](OC(=O)Cn1c(=O)ccn(Cc2ccccc2)c1=O)C(=O)NC(N)=O. The van der Waals surface area contributed by atoms with Gasteiger partial charge in [-0.15, -0.1) is 0 Å². The Balaban J connectivity index is 2.20. The molecule has 0 bridgehead atoms. The average molecular weight is 402 g/mol. The van der Waals surface area contributed by atoms with Gasteiger partial charge in [0.1, 0.15) is 6.54 Å². The van der Waals surface area contributed by atoms with Crippen LogP contribution in [0.2, 0.25) is 0 Å². The topological polar surface area (TPSA) is 142 Å². The number of amides is 3. The molecule has 0 fully saturated rings. The summed E-state index contributed by atoms with van der Waals surface area (Å²) in [5, 5.41) is 1.84. The van der Waals surface area contributed by atoms with E-state index in [-0.39, 0.29) is 6.54 Å². The standard InChI is InChI=1S/C19H22N4O6/c1-12(2)16(17(26)21-18(20)27)29-15(25)11-23-14(24)8-9-22(19(23)28)10-13-6-4-3-5-7-13/h3-9,12,16H,10-11H2,1-2H3,(H3,20,21,26,27)/t16-/m0/s1. The lowest BCUT2D eigenvalue weighted by molar-refractivity contribution is -0.159. The molecule has 2 rings (SSSR count). The van der Waals surface area contributed by atoms with E-state index >= 15 is 0 Å². The molecule has 1 aromatic carbocycles. The Morgan fingerprint density at radius 1 is 1.10 bits per heavy atom. The maximum atomic E-state index is 12.6. The molecule has 3 N–H and O–H groups in total. The summed E-state index contributed by atoms with van der Waals surface area (Å²) in [6.45, 7) is 2.73. The molecule has 0 aliphatic rings. The molecule has 10 heteroatoms. The Hall–Kier alpha value is -3.69. The summed E-state index contributed by atoms with van der Waals surface area (Å²) in [6, 6.07) is 9.19. The second-order valence-corrected chi connectivity index (χ2v) is 6.64. The second kappa shape index (κ2) is 9.49. The number of imide groups is 1. The number of carbonyl (C=O) groups is 3. The number of carbonyl (C=O) groups excluding carboxylic acids is 3. The van der Waals surface area contributed by atoms with Crippen LogP contribution in [0.1, 0.15) is 19.4 Å². The number of esters is 1. The van der Waals surface area contributed by atoms with Crippen molar-refractivity contribution in [2.24, 2.45) is 11.7 Å². The highest BCUT2D eigenvalue weighted by atomic mass is 16.5. The summed E-state index contributed by atoms with van der Waals surface area (Å²) in [6.07, 6.45) is 0.0393. The van der Waals surface area contributed by atoms with E-state index in [9.17, 15) is 24.0 Å². The highest BCUT2D eigenvalue weighted by Gasteiger charge is 2.27. The molecule has 3 amide bonds. The summed E-state index contributed by atoms with van der Waals surface area (Å²) >= 11 is 0. The Morgan fingerprint density at radius 3 is 2.34 bits per heavy atom.